The standard InChI is InChI=1S/C11H12F3N7O3S/c1-19-6(15)5(7(23)20(2)10(19)24)4(22)3-25-9-18-17-8(21(9)16)11(12,13)14/h3,15-16H2,1-2H3. The number of aromatic nitrogens is 5. The Morgan fingerprint density at radius 3 is 2.32 bits per heavy atom. The normalized spacial score (nSPS) is 11.7. The molecule has 0 aliphatic carbocycles. The number of thioether (sulfide) groups is 1. The highest BCUT2D eigenvalue weighted by Crippen LogP contribution is 2.29. The van der Waals surface area contributed by atoms with Crippen LogP contribution in [0.3, 0.4) is 0 Å². The SMILES string of the molecule is Cn1c(N)c(C(=O)CSc2nnc(C(F)(F)F)n2N)c(=O)n(C)c1=O. The molecule has 25 heavy (non-hydrogen) atoms. The smallest absolute Gasteiger partial charge is 0.384 e. The van der Waals surface area contributed by atoms with E-state index in [1.165, 1.54) is 14.1 Å². The van der Waals surface area contributed by atoms with Gasteiger partial charge in [-0.2, -0.15) is 13.2 Å². The number of alkyl halides is 3. The molecule has 0 saturated carbocycles. The number of anilines is 1. The van der Waals surface area contributed by atoms with Crippen LogP contribution in [0, 0.1) is 0 Å². The molecule has 0 aromatic carbocycles. The van der Waals surface area contributed by atoms with Crippen molar-refractivity contribution in [1.29, 1.82) is 0 Å². The van der Waals surface area contributed by atoms with E-state index in [2.05, 4.69) is 10.2 Å². The van der Waals surface area contributed by atoms with Gasteiger partial charge in [-0.05, 0) is 0 Å². The van der Waals surface area contributed by atoms with Gasteiger partial charge in [-0.25, -0.2) is 9.47 Å². The van der Waals surface area contributed by atoms with Gasteiger partial charge in [0.05, 0.1) is 5.75 Å². The van der Waals surface area contributed by atoms with Crippen molar-refractivity contribution in [2.24, 2.45) is 14.1 Å². The number of hydrogen-bond donors (Lipinski definition) is 2. The Labute approximate surface area is 141 Å². The maximum atomic E-state index is 12.6. The molecule has 0 spiro atoms. The number of hydrogen-bond acceptors (Lipinski definition) is 8. The minimum absolute atomic E-state index is 0.195. The molecule has 0 unspecified atom stereocenters. The Morgan fingerprint density at radius 1 is 1.20 bits per heavy atom. The van der Waals surface area contributed by atoms with Crippen molar-refractivity contribution in [2.75, 3.05) is 17.3 Å². The number of ketones is 1. The molecule has 0 saturated heterocycles. The summed E-state index contributed by atoms with van der Waals surface area (Å²) in [5, 5.41) is 5.78. The molecule has 0 aliphatic heterocycles. The zero-order chi connectivity index (χ0) is 19.1. The van der Waals surface area contributed by atoms with Crippen LogP contribution in [0.5, 0.6) is 0 Å². The summed E-state index contributed by atoms with van der Waals surface area (Å²) in [7, 11) is 2.44. The molecule has 2 heterocycles. The van der Waals surface area contributed by atoms with E-state index in [1.807, 2.05) is 0 Å². The second-order valence-electron chi connectivity index (χ2n) is 4.85. The third-order valence-corrected chi connectivity index (χ3v) is 4.18. The zero-order valence-electron chi connectivity index (χ0n) is 12.9. The Hall–Kier alpha value is -2.77. The van der Waals surface area contributed by atoms with Gasteiger partial charge in [0.15, 0.2) is 5.78 Å². The maximum Gasteiger partial charge on any atom is 0.453 e. The van der Waals surface area contributed by atoms with E-state index in [0.717, 1.165) is 4.57 Å². The molecular weight excluding hydrogens is 367 g/mol. The molecule has 0 fully saturated rings. The van der Waals surface area contributed by atoms with Gasteiger partial charge in [0.25, 0.3) is 11.4 Å². The van der Waals surface area contributed by atoms with Gasteiger partial charge < -0.3 is 11.6 Å². The van der Waals surface area contributed by atoms with E-state index in [0.29, 0.717) is 16.3 Å². The maximum absolute atomic E-state index is 12.6. The number of halogens is 3. The van der Waals surface area contributed by atoms with Gasteiger partial charge in [-0.3, -0.25) is 18.7 Å². The summed E-state index contributed by atoms with van der Waals surface area (Å²) in [5.41, 5.74) is 3.55. The Kier molecular flexibility index (Phi) is 4.66. The van der Waals surface area contributed by atoms with Crippen molar-refractivity contribution >= 4 is 23.4 Å². The monoisotopic (exact) mass is 379 g/mol. The van der Waals surface area contributed by atoms with Gasteiger partial charge >= 0.3 is 11.9 Å². The molecule has 2 rings (SSSR count). The summed E-state index contributed by atoms with van der Waals surface area (Å²) in [6.45, 7) is 0. The first kappa shape index (κ1) is 18.6. The van der Waals surface area contributed by atoms with Crippen molar-refractivity contribution in [3.8, 4) is 0 Å². The van der Waals surface area contributed by atoms with Crippen molar-refractivity contribution in [2.45, 2.75) is 11.3 Å². The zero-order valence-corrected chi connectivity index (χ0v) is 13.7. The lowest BCUT2D eigenvalue weighted by molar-refractivity contribution is -0.146. The van der Waals surface area contributed by atoms with Crippen LogP contribution in [0.2, 0.25) is 0 Å². The van der Waals surface area contributed by atoms with E-state index in [4.69, 9.17) is 11.6 Å². The number of carbonyl (C=O) groups excluding carboxylic acids is 1. The van der Waals surface area contributed by atoms with Gasteiger partial charge in [-0.1, -0.05) is 11.8 Å². The van der Waals surface area contributed by atoms with Crippen LogP contribution in [-0.4, -0.2) is 35.5 Å². The minimum atomic E-state index is -4.80. The third-order valence-electron chi connectivity index (χ3n) is 3.24. The molecule has 0 bridgehead atoms. The van der Waals surface area contributed by atoms with E-state index in [-0.39, 0.29) is 15.7 Å². The fourth-order valence-corrected chi connectivity index (χ4v) is 2.62. The van der Waals surface area contributed by atoms with Crippen LogP contribution >= 0.6 is 11.8 Å². The molecular formula is C11H12F3N7O3S. The van der Waals surface area contributed by atoms with Crippen LogP contribution in [0.4, 0.5) is 19.0 Å². The van der Waals surface area contributed by atoms with Crippen LogP contribution in [0.1, 0.15) is 16.2 Å². The number of carbonyl (C=O) groups is 1. The van der Waals surface area contributed by atoms with Gasteiger partial charge in [0, 0.05) is 14.1 Å². The first-order chi connectivity index (χ1) is 11.5. The quantitative estimate of drug-likeness (QED) is 0.390. The topological polar surface area (TPSA) is 144 Å². The van der Waals surface area contributed by atoms with Crippen molar-refractivity contribution in [1.82, 2.24) is 24.0 Å². The largest absolute Gasteiger partial charge is 0.453 e. The summed E-state index contributed by atoms with van der Waals surface area (Å²) >= 11 is 0.544. The Bertz CT molecular complexity index is 960. The highest BCUT2D eigenvalue weighted by atomic mass is 32.2. The van der Waals surface area contributed by atoms with Gasteiger partial charge in [0.1, 0.15) is 11.4 Å². The fourth-order valence-electron chi connectivity index (χ4n) is 1.89. The Balaban J connectivity index is 2.30. The number of rotatable bonds is 4. The van der Waals surface area contributed by atoms with Crippen molar-refractivity contribution in [3.63, 3.8) is 0 Å². The van der Waals surface area contributed by atoms with E-state index in [9.17, 15) is 27.6 Å². The lowest BCUT2D eigenvalue weighted by Gasteiger charge is -2.10. The Morgan fingerprint density at radius 2 is 1.80 bits per heavy atom. The van der Waals surface area contributed by atoms with E-state index >= 15 is 0 Å². The first-order valence-electron chi connectivity index (χ1n) is 6.46. The highest BCUT2D eigenvalue weighted by Gasteiger charge is 2.38. The molecule has 2 aromatic heterocycles. The average molecular weight is 379 g/mol. The summed E-state index contributed by atoms with van der Waals surface area (Å²) in [4.78, 5) is 36.0. The predicted molar refractivity (Wildman–Crippen MR) is 81.6 cm³/mol. The number of Topliss-reactive ketones (excluding diaryl/α,β-unsaturated/α-hetero) is 1. The second kappa shape index (κ2) is 6.27. The summed E-state index contributed by atoms with van der Waals surface area (Å²) in [6.07, 6.45) is -4.80. The van der Waals surface area contributed by atoms with Crippen LogP contribution < -0.4 is 22.8 Å². The molecule has 0 amide bonds. The number of nitrogens with zero attached hydrogens (tertiary/aromatic N) is 5. The fraction of sp³-hybridized carbons (Fsp3) is 0.364. The molecule has 0 radical (unpaired) electrons. The lowest BCUT2D eigenvalue weighted by atomic mass is 10.2. The van der Waals surface area contributed by atoms with Crippen molar-refractivity contribution in [3.05, 3.63) is 32.2 Å². The molecule has 136 valence electrons. The van der Waals surface area contributed by atoms with Gasteiger partial charge in [0.2, 0.25) is 5.16 Å². The second-order valence-corrected chi connectivity index (χ2v) is 5.79. The first-order valence-corrected chi connectivity index (χ1v) is 7.44. The van der Waals surface area contributed by atoms with Gasteiger partial charge in [-0.15, -0.1) is 10.2 Å². The third kappa shape index (κ3) is 3.24. The van der Waals surface area contributed by atoms with Crippen LogP contribution in [0.25, 0.3) is 0 Å². The minimum Gasteiger partial charge on any atom is -0.384 e. The lowest BCUT2D eigenvalue weighted by Crippen LogP contribution is -2.41. The summed E-state index contributed by atoms with van der Waals surface area (Å²) < 4.78 is 39.6. The number of nitrogens with two attached hydrogens (primary N) is 2. The molecule has 2 aromatic rings. The van der Waals surface area contributed by atoms with Crippen LogP contribution in [-0.2, 0) is 20.3 Å². The molecule has 0 atom stereocenters. The molecule has 0 aliphatic rings. The molecule has 14 heteroatoms. The van der Waals surface area contributed by atoms with E-state index in [1.54, 1.807) is 0 Å². The van der Waals surface area contributed by atoms with E-state index < -0.39 is 40.3 Å². The van der Waals surface area contributed by atoms with Crippen LogP contribution in [0.15, 0.2) is 14.7 Å². The highest BCUT2D eigenvalue weighted by molar-refractivity contribution is 7.99. The summed E-state index contributed by atoms with van der Waals surface area (Å²) in [5.74, 6) is 2.19. The predicted octanol–water partition coefficient (Wildman–Crippen LogP) is -1.03. The number of nitrogen functional groups attached to an aromatic ring is 2. The van der Waals surface area contributed by atoms with Crippen molar-refractivity contribution < 1.29 is 18.0 Å². The molecule has 10 nitrogen and oxygen atoms in total. The molecule has 4 N–H and O–H groups in total. The summed E-state index contributed by atoms with van der Waals surface area (Å²) in [6, 6.07) is 0. The average Bonchev–Trinajstić information content (AvgIpc) is 2.90.